The minimum absolute atomic E-state index is 0.0586. The number of nitrogens with zero attached hydrogens (tertiary/aromatic N) is 2. The second-order valence-corrected chi connectivity index (χ2v) is 5.45. The van der Waals surface area contributed by atoms with Crippen molar-refractivity contribution >= 4 is 11.9 Å². The van der Waals surface area contributed by atoms with E-state index < -0.39 is 0 Å². The molecular formula is C18H24N2O4. The van der Waals surface area contributed by atoms with Crippen molar-refractivity contribution in [3.05, 3.63) is 29.8 Å². The average Bonchev–Trinajstić information content (AvgIpc) is 2.55. The Kier molecular flexibility index (Phi) is 8.34. The van der Waals surface area contributed by atoms with E-state index in [2.05, 4.69) is 0 Å². The number of amides is 1. The standard InChI is InChI=1S/C18H24N2O4/c1-4-23-17(21)10-13-20(12-5-11-19)18(22)15-6-8-16(9-7-15)24-14(2)3/h6-9,14H,4-5,10,12-13H2,1-3H3. The van der Waals surface area contributed by atoms with Crippen molar-refractivity contribution in [2.75, 3.05) is 19.7 Å². The molecule has 0 radical (unpaired) electrons. The van der Waals surface area contributed by atoms with Crippen molar-refractivity contribution in [3.63, 3.8) is 0 Å². The van der Waals surface area contributed by atoms with E-state index in [4.69, 9.17) is 14.7 Å². The lowest BCUT2D eigenvalue weighted by atomic mass is 10.1. The van der Waals surface area contributed by atoms with Gasteiger partial charge in [-0.25, -0.2) is 0 Å². The van der Waals surface area contributed by atoms with Gasteiger partial charge < -0.3 is 14.4 Å². The molecule has 0 aliphatic rings. The number of hydrogen-bond acceptors (Lipinski definition) is 5. The molecule has 6 nitrogen and oxygen atoms in total. The van der Waals surface area contributed by atoms with Crippen molar-refractivity contribution < 1.29 is 19.1 Å². The van der Waals surface area contributed by atoms with Crippen LogP contribution in [0.5, 0.6) is 5.75 Å². The Morgan fingerprint density at radius 1 is 1.21 bits per heavy atom. The second-order valence-electron chi connectivity index (χ2n) is 5.45. The van der Waals surface area contributed by atoms with Crippen LogP contribution in [-0.2, 0) is 9.53 Å². The zero-order valence-electron chi connectivity index (χ0n) is 14.4. The fourth-order valence-corrected chi connectivity index (χ4v) is 2.09. The molecule has 0 heterocycles. The van der Waals surface area contributed by atoms with Crippen LogP contribution in [0.3, 0.4) is 0 Å². The molecule has 24 heavy (non-hydrogen) atoms. The van der Waals surface area contributed by atoms with E-state index >= 15 is 0 Å². The Morgan fingerprint density at radius 2 is 1.88 bits per heavy atom. The van der Waals surface area contributed by atoms with Gasteiger partial charge in [-0.05, 0) is 45.0 Å². The lowest BCUT2D eigenvalue weighted by Gasteiger charge is -2.21. The molecular weight excluding hydrogens is 308 g/mol. The van der Waals surface area contributed by atoms with Crippen LogP contribution in [0.1, 0.15) is 44.0 Å². The largest absolute Gasteiger partial charge is 0.491 e. The molecule has 130 valence electrons. The molecule has 1 aromatic rings. The number of hydrogen-bond donors (Lipinski definition) is 0. The van der Waals surface area contributed by atoms with E-state index in [9.17, 15) is 9.59 Å². The van der Waals surface area contributed by atoms with Gasteiger partial charge in [0, 0.05) is 18.7 Å². The number of nitriles is 1. The van der Waals surface area contributed by atoms with Gasteiger partial charge in [-0.15, -0.1) is 0 Å². The van der Waals surface area contributed by atoms with Crippen LogP contribution in [0.15, 0.2) is 24.3 Å². The highest BCUT2D eigenvalue weighted by Gasteiger charge is 2.17. The fourth-order valence-electron chi connectivity index (χ4n) is 2.09. The summed E-state index contributed by atoms with van der Waals surface area (Å²) in [6.07, 6.45) is 0.381. The van der Waals surface area contributed by atoms with Gasteiger partial charge in [0.1, 0.15) is 5.75 Å². The van der Waals surface area contributed by atoms with E-state index in [1.165, 1.54) is 4.90 Å². The van der Waals surface area contributed by atoms with E-state index in [-0.39, 0.29) is 43.9 Å². The molecule has 0 aliphatic carbocycles. The van der Waals surface area contributed by atoms with Crippen LogP contribution in [0.4, 0.5) is 0 Å². The fraction of sp³-hybridized carbons (Fsp3) is 0.500. The summed E-state index contributed by atoms with van der Waals surface area (Å²) in [5, 5.41) is 8.75. The molecule has 0 unspecified atom stereocenters. The van der Waals surface area contributed by atoms with Gasteiger partial charge in [0.2, 0.25) is 0 Å². The Hall–Kier alpha value is -2.55. The molecule has 0 fully saturated rings. The van der Waals surface area contributed by atoms with Crippen molar-refractivity contribution in [3.8, 4) is 11.8 Å². The van der Waals surface area contributed by atoms with Crippen LogP contribution < -0.4 is 4.74 Å². The molecule has 1 amide bonds. The van der Waals surface area contributed by atoms with Gasteiger partial charge in [0.15, 0.2) is 0 Å². The molecule has 0 aromatic heterocycles. The summed E-state index contributed by atoms with van der Waals surface area (Å²) in [6, 6.07) is 8.86. The summed E-state index contributed by atoms with van der Waals surface area (Å²) >= 11 is 0. The Labute approximate surface area is 143 Å². The molecule has 6 heteroatoms. The summed E-state index contributed by atoms with van der Waals surface area (Å²) < 4.78 is 10.4. The third-order valence-corrected chi connectivity index (χ3v) is 3.14. The van der Waals surface area contributed by atoms with Gasteiger partial charge in [-0.3, -0.25) is 9.59 Å². The maximum atomic E-state index is 12.6. The highest BCUT2D eigenvalue weighted by atomic mass is 16.5. The van der Waals surface area contributed by atoms with Gasteiger partial charge in [-0.2, -0.15) is 5.26 Å². The number of carbonyl (C=O) groups is 2. The molecule has 1 aromatic carbocycles. The summed E-state index contributed by atoms with van der Waals surface area (Å²) in [6.45, 7) is 6.40. The molecule has 0 saturated heterocycles. The first-order valence-corrected chi connectivity index (χ1v) is 8.06. The Bertz CT molecular complexity index is 576. The van der Waals surface area contributed by atoms with E-state index in [0.717, 1.165) is 0 Å². The van der Waals surface area contributed by atoms with Crippen LogP contribution in [0.2, 0.25) is 0 Å². The topological polar surface area (TPSA) is 79.6 Å². The number of ether oxygens (including phenoxy) is 2. The van der Waals surface area contributed by atoms with E-state index in [0.29, 0.717) is 17.9 Å². The average molecular weight is 332 g/mol. The highest BCUT2D eigenvalue weighted by Crippen LogP contribution is 2.15. The lowest BCUT2D eigenvalue weighted by molar-refractivity contribution is -0.143. The zero-order valence-corrected chi connectivity index (χ0v) is 14.4. The first-order chi connectivity index (χ1) is 11.5. The minimum atomic E-state index is -0.354. The SMILES string of the molecule is CCOC(=O)CCN(CCC#N)C(=O)c1ccc(OC(C)C)cc1. The molecule has 0 N–H and O–H groups in total. The lowest BCUT2D eigenvalue weighted by Crippen LogP contribution is -2.34. The molecule has 0 saturated carbocycles. The number of rotatable bonds is 9. The van der Waals surface area contributed by atoms with Crippen LogP contribution >= 0.6 is 0 Å². The Morgan fingerprint density at radius 3 is 2.42 bits per heavy atom. The molecule has 0 spiro atoms. The minimum Gasteiger partial charge on any atom is -0.491 e. The van der Waals surface area contributed by atoms with Gasteiger partial charge in [0.25, 0.3) is 5.91 Å². The van der Waals surface area contributed by atoms with Crippen LogP contribution in [-0.4, -0.2) is 42.6 Å². The van der Waals surface area contributed by atoms with E-state index in [1.54, 1.807) is 31.2 Å². The monoisotopic (exact) mass is 332 g/mol. The molecule has 1 rings (SSSR count). The van der Waals surface area contributed by atoms with Crippen molar-refractivity contribution in [2.45, 2.75) is 39.7 Å². The summed E-state index contributed by atoms with van der Waals surface area (Å²) in [4.78, 5) is 25.6. The van der Waals surface area contributed by atoms with Gasteiger partial charge in [0.05, 0.1) is 31.6 Å². The summed E-state index contributed by atoms with van der Waals surface area (Å²) in [5.41, 5.74) is 0.493. The maximum Gasteiger partial charge on any atom is 0.307 e. The normalized spacial score (nSPS) is 10.1. The second kappa shape index (κ2) is 10.3. The van der Waals surface area contributed by atoms with Crippen LogP contribution in [0.25, 0.3) is 0 Å². The van der Waals surface area contributed by atoms with Crippen molar-refractivity contribution in [1.29, 1.82) is 5.26 Å². The van der Waals surface area contributed by atoms with E-state index in [1.807, 2.05) is 19.9 Å². The number of benzene rings is 1. The number of carbonyl (C=O) groups excluding carboxylic acids is 2. The third-order valence-electron chi connectivity index (χ3n) is 3.14. The predicted octanol–water partition coefficient (Wildman–Crippen LogP) is 2.78. The van der Waals surface area contributed by atoms with Crippen molar-refractivity contribution in [2.24, 2.45) is 0 Å². The molecule has 0 aliphatic heterocycles. The molecule has 0 bridgehead atoms. The molecule has 0 atom stereocenters. The predicted molar refractivity (Wildman–Crippen MR) is 89.6 cm³/mol. The van der Waals surface area contributed by atoms with Crippen LogP contribution in [0, 0.1) is 11.3 Å². The quantitative estimate of drug-likeness (QED) is 0.650. The maximum absolute atomic E-state index is 12.6. The highest BCUT2D eigenvalue weighted by molar-refractivity contribution is 5.94. The summed E-state index contributed by atoms with van der Waals surface area (Å²) in [5.74, 6) is 0.121. The van der Waals surface area contributed by atoms with Gasteiger partial charge in [-0.1, -0.05) is 0 Å². The zero-order chi connectivity index (χ0) is 17.9. The number of esters is 1. The Balaban J connectivity index is 2.75. The first kappa shape index (κ1) is 19.5. The van der Waals surface area contributed by atoms with Crippen molar-refractivity contribution in [1.82, 2.24) is 4.90 Å². The summed E-state index contributed by atoms with van der Waals surface area (Å²) in [7, 11) is 0. The smallest absolute Gasteiger partial charge is 0.307 e. The van der Waals surface area contributed by atoms with Gasteiger partial charge >= 0.3 is 5.97 Å². The third kappa shape index (κ3) is 6.69. The first-order valence-electron chi connectivity index (χ1n) is 8.06.